The van der Waals surface area contributed by atoms with Gasteiger partial charge in [-0.2, -0.15) is 12.7 Å². The van der Waals surface area contributed by atoms with Crippen molar-refractivity contribution in [3.8, 4) is 11.4 Å². The second-order valence-electron chi connectivity index (χ2n) is 5.57. The molecule has 2 aromatic carbocycles. The van der Waals surface area contributed by atoms with E-state index in [1.807, 2.05) is 37.3 Å². The third-order valence-corrected chi connectivity index (χ3v) is 4.98. The fraction of sp³-hybridized carbons (Fsp3) is 0.188. The lowest BCUT2D eigenvalue weighted by Gasteiger charge is -2.13. The lowest BCUT2D eigenvalue weighted by molar-refractivity contribution is 0.527. The molecule has 0 amide bonds. The van der Waals surface area contributed by atoms with E-state index in [2.05, 4.69) is 14.7 Å². The van der Waals surface area contributed by atoms with Crippen molar-refractivity contribution in [3.05, 3.63) is 48.0 Å². The molecule has 0 spiro atoms. The molecule has 6 nitrogen and oxygen atoms in total. The molecule has 0 saturated carbocycles. The lowest BCUT2D eigenvalue weighted by atomic mass is 10.2. The molecule has 0 atom stereocenters. The van der Waals surface area contributed by atoms with Gasteiger partial charge in [-0.3, -0.25) is 4.72 Å². The summed E-state index contributed by atoms with van der Waals surface area (Å²) in [5.41, 5.74) is 4.46. The van der Waals surface area contributed by atoms with Crippen LogP contribution in [-0.4, -0.2) is 36.8 Å². The largest absolute Gasteiger partial charge is 0.338 e. The highest BCUT2D eigenvalue weighted by atomic mass is 32.2. The topological polar surface area (TPSA) is 78.1 Å². The Morgan fingerprint density at radius 1 is 1.09 bits per heavy atom. The molecule has 0 aliphatic rings. The Labute approximate surface area is 135 Å². The summed E-state index contributed by atoms with van der Waals surface area (Å²) < 4.78 is 27.2. The minimum Gasteiger partial charge on any atom is -0.338 e. The number of hydrogen-bond donors (Lipinski definition) is 2. The summed E-state index contributed by atoms with van der Waals surface area (Å²) in [6, 6.07) is 13.1. The minimum atomic E-state index is -3.49. The van der Waals surface area contributed by atoms with E-state index in [1.165, 1.54) is 19.7 Å². The third-order valence-electron chi connectivity index (χ3n) is 3.52. The number of aromatic nitrogens is 2. The Morgan fingerprint density at radius 3 is 2.43 bits per heavy atom. The van der Waals surface area contributed by atoms with Crippen LogP contribution in [0.5, 0.6) is 0 Å². The fourth-order valence-corrected chi connectivity index (χ4v) is 2.81. The van der Waals surface area contributed by atoms with E-state index in [1.54, 1.807) is 12.1 Å². The van der Waals surface area contributed by atoms with Gasteiger partial charge in [0, 0.05) is 25.3 Å². The summed E-state index contributed by atoms with van der Waals surface area (Å²) >= 11 is 0. The van der Waals surface area contributed by atoms with Gasteiger partial charge in [0.25, 0.3) is 0 Å². The van der Waals surface area contributed by atoms with E-state index < -0.39 is 10.2 Å². The van der Waals surface area contributed by atoms with E-state index in [9.17, 15) is 8.42 Å². The number of nitrogens with one attached hydrogen (secondary N) is 2. The third kappa shape index (κ3) is 3.20. The van der Waals surface area contributed by atoms with E-state index in [-0.39, 0.29) is 0 Å². The maximum absolute atomic E-state index is 11.8. The van der Waals surface area contributed by atoms with Crippen LogP contribution in [-0.2, 0) is 10.2 Å². The molecule has 0 bridgehead atoms. The second kappa shape index (κ2) is 5.68. The maximum Gasteiger partial charge on any atom is 0.301 e. The van der Waals surface area contributed by atoms with Gasteiger partial charge in [0.2, 0.25) is 0 Å². The van der Waals surface area contributed by atoms with Crippen molar-refractivity contribution >= 4 is 26.9 Å². The average molecular weight is 330 g/mol. The number of fused-ring (bicyclic) bond motifs is 1. The predicted molar refractivity (Wildman–Crippen MR) is 92.5 cm³/mol. The highest BCUT2D eigenvalue weighted by Gasteiger charge is 2.13. The Kier molecular flexibility index (Phi) is 3.83. The zero-order valence-electron chi connectivity index (χ0n) is 13.2. The van der Waals surface area contributed by atoms with Crippen LogP contribution in [0.1, 0.15) is 5.56 Å². The molecule has 0 unspecified atom stereocenters. The van der Waals surface area contributed by atoms with Gasteiger partial charge in [-0.05, 0) is 48.9 Å². The van der Waals surface area contributed by atoms with Gasteiger partial charge in [0.1, 0.15) is 5.82 Å². The minimum absolute atomic E-state index is 0.509. The van der Waals surface area contributed by atoms with Crippen molar-refractivity contribution < 1.29 is 8.42 Å². The number of aromatic amines is 1. The molecular formula is C16H18N4O2S. The maximum atomic E-state index is 11.8. The van der Waals surface area contributed by atoms with Crippen molar-refractivity contribution in [2.24, 2.45) is 0 Å². The number of hydrogen-bond acceptors (Lipinski definition) is 3. The van der Waals surface area contributed by atoms with Crippen molar-refractivity contribution in [2.75, 3.05) is 18.8 Å². The van der Waals surface area contributed by atoms with Crippen molar-refractivity contribution in [1.29, 1.82) is 0 Å². The van der Waals surface area contributed by atoms with Crippen LogP contribution in [0.3, 0.4) is 0 Å². The van der Waals surface area contributed by atoms with Crippen LogP contribution in [0, 0.1) is 6.92 Å². The fourth-order valence-electron chi connectivity index (χ4n) is 2.20. The zero-order chi connectivity index (χ0) is 16.6. The number of aryl methyl sites for hydroxylation is 1. The van der Waals surface area contributed by atoms with Crippen LogP contribution >= 0.6 is 0 Å². The number of H-pyrrole nitrogens is 1. The smallest absolute Gasteiger partial charge is 0.301 e. The lowest BCUT2D eigenvalue weighted by Crippen LogP contribution is -2.28. The highest BCUT2D eigenvalue weighted by Crippen LogP contribution is 2.23. The molecule has 0 radical (unpaired) electrons. The van der Waals surface area contributed by atoms with Gasteiger partial charge >= 0.3 is 10.2 Å². The first-order valence-corrected chi connectivity index (χ1v) is 8.56. The molecule has 0 aliphatic carbocycles. The summed E-state index contributed by atoms with van der Waals surface area (Å²) in [5.74, 6) is 0.757. The quantitative estimate of drug-likeness (QED) is 0.772. The van der Waals surface area contributed by atoms with Gasteiger partial charge in [-0.15, -0.1) is 0 Å². The Hall–Kier alpha value is -2.38. The van der Waals surface area contributed by atoms with Crippen molar-refractivity contribution in [1.82, 2.24) is 14.3 Å². The average Bonchev–Trinajstić information content (AvgIpc) is 2.90. The predicted octanol–water partition coefficient (Wildman–Crippen LogP) is 2.76. The van der Waals surface area contributed by atoms with Crippen LogP contribution in [0.4, 0.5) is 5.69 Å². The molecule has 23 heavy (non-hydrogen) atoms. The van der Waals surface area contributed by atoms with Gasteiger partial charge in [0.15, 0.2) is 0 Å². The molecule has 0 fully saturated rings. The molecule has 2 N–H and O–H groups in total. The SMILES string of the molecule is Cc1ccc2nc(-c3ccc(NS(=O)(=O)N(C)C)cc3)[nH]c2c1. The van der Waals surface area contributed by atoms with Gasteiger partial charge in [-0.25, -0.2) is 4.98 Å². The van der Waals surface area contributed by atoms with Crippen molar-refractivity contribution in [2.45, 2.75) is 6.92 Å². The zero-order valence-corrected chi connectivity index (χ0v) is 14.0. The van der Waals surface area contributed by atoms with Crippen LogP contribution in [0.25, 0.3) is 22.4 Å². The van der Waals surface area contributed by atoms with E-state index >= 15 is 0 Å². The Morgan fingerprint density at radius 2 is 1.78 bits per heavy atom. The number of rotatable bonds is 4. The molecule has 7 heteroatoms. The van der Waals surface area contributed by atoms with Crippen LogP contribution in [0.2, 0.25) is 0 Å². The Bertz CT molecular complexity index is 944. The summed E-state index contributed by atoms with van der Waals surface area (Å²) in [7, 11) is -0.536. The van der Waals surface area contributed by atoms with E-state index in [4.69, 9.17) is 0 Å². The molecular weight excluding hydrogens is 312 g/mol. The Balaban J connectivity index is 1.89. The molecule has 120 valence electrons. The first-order valence-electron chi connectivity index (χ1n) is 7.12. The standard InChI is InChI=1S/C16H18N4O2S/c1-11-4-9-14-15(10-11)18-16(17-14)12-5-7-13(8-6-12)19-23(21,22)20(2)3/h4-10,19H,1-3H3,(H,17,18). The van der Waals surface area contributed by atoms with Crippen LogP contribution in [0.15, 0.2) is 42.5 Å². The summed E-state index contributed by atoms with van der Waals surface area (Å²) in [4.78, 5) is 7.83. The number of imidazole rings is 1. The molecule has 3 rings (SSSR count). The van der Waals surface area contributed by atoms with Gasteiger partial charge in [0.05, 0.1) is 11.0 Å². The van der Waals surface area contributed by atoms with Crippen LogP contribution < -0.4 is 4.72 Å². The number of benzene rings is 2. The molecule has 0 saturated heterocycles. The first kappa shape index (κ1) is 15.5. The summed E-state index contributed by atoms with van der Waals surface area (Å²) in [6.45, 7) is 2.03. The first-order chi connectivity index (χ1) is 10.8. The molecule has 1 aromatic heterocycles. The highest BCUT2D eigenvalue weighted by molar-refractivity contribution is 7.90. The molecule has 0 aliphatic heterocycles. The molecule has 3 aromatic rings. The number of anilines is 1. The van der Waals surface area contributed by atoms with E-state index in [0.29, 0.717) is 5.69 Å². The van der Waals surface area contributed by atoms with Crippen molar-refractivity contribution in [3.63, 3.8) is 0 Å². The molecule has 1 heterocycles. The number of nitrogens with zero attached hydrogens (tertiary/aromatic N) is 2. The second-order valence-corrected chi connectivity index (χ2v) is 7.46. The normalized spacial score (nSPS) is 12.0. The van der Waals surface area contributed by atoms with Gasteiger partial charge in [-0.1, -0.05) is 6.07 Å². The van der Waals surface area contributed by atoms with E-state index in [0.717, 1.165) is 26.7 Å². The van der Waals surface area contributed by atoms with Gasteiger partial charge < -0.3 is 4.98 Å². The monoisotopic (exact) mass is 330 g/mol. The summed E-state index contributed by atoms with van der Waals surface area (Å²) in [5, 5.41) is 0. The summed E-state index contributed by atoms with van der Waals surface area (Å²) in [6.07, 6.45) is 0.